The van der Waals surface area contributed by atoms with Crippen LogP contribution in [-0.4, -0.2) is 17.4 Å². The first-order valence-electron chi connectivity index (χ1n) is 7.57. The Balaban J connectivity index is 1.87. The fourth-order valence-electron chi connectivity index (χ4n) is 2.80. The van der Waals surface area contributed by atoms with Crippen molar-refractivity contribution in [1.82, 2.24) is 10.3 Å². The van der Waals surface area contributed by atoms with Crippen molar-refractivity contribution in [1.29, 1.82) is 0 Å². The fourth-order valence-corrected chi connectivity index (χ4v) is 3.95. The molecule has 0 radical (unpaired) electrons. The van der Waals surface area contributed by atoms with Crippen molar-refractivity contribution in [2.75, 3.05) is 6.54 Å². The topological polar surface area (TPSA) is 42.0 Å². The molecule has 2 unspecified atom stereocenters. The molecule has 0 saturated heterocycles. The molecule has 3 rings (SSSR count). The predicted octanol–water partition coefficient (Wildman–Crippen LogP) is 3.87. The number of rotatable bonds is 4. The lowest BCUT2D eigenvalue weighted by molar-refractivity contribution is -0.125. The van der Waals surface area contributed by atoms with Crippen LogP contribution in [0.2, 0.25) is 0 Å². The van der Waals surface area contributed by atoms with Crippen LogP contribution in [0.25, 0.3) is 10.2 Å². The quantitative estimate of drug-likeness (QED) is 0.871. The van der Waals surface area contributed by atoms with Crippen molar-refractivity contribution in [2.24, 2.45) is 5.92 Å². The first kappa shape index (κ1) is 14.3. The summed E-state index contributed by atoms with van der Waals surface area (Å²) >= 11 is 1.72. The molecule has 1 aliphatic carbocycles. The minimum absolute atomic E-state index is 0.0158. The molecular formula is C17H20N2OS. The van der Waals surface area contributed by atoms with E-state index in [1.165, 1.54) is 4.70 Å². The van der Waals surface area contributed by atoms with E-state index in [0.717, 1.165) is 36.3 Å². The van der Waals surface area contributed by atoms with Crippen LogP contribution in [0.5, 0.6) is 0 Å². The third kappa shape index (κ3) is 3.00. The molecule has 110 valence electrons. The Kier molecular flexibility index (Phi) is 4.34. The molecule has 1 aromatic heterocycles. The van der Waals surface area contributed by atoms with E-state index in [9.17, 15) is 4.79 Å². The standard InChI is InChI=1S/C17H20N2OS/c1-2-11-18-16(20)12-7-3-4-8-13(12)17-19-14-9-5-6-10-15(14)21-17/h3-6,9-10,12-13H,2,7-8,11H2,1H3,(H,18,20). The average Bonchev–Trinajstić information content (AvgIpc) is 2.96. The second kappa shape index (κ2) is 6.39. The van der Waals surface area contributed by atoms with Crippen LogP contribution in [0.1, 0.15) is 37.1 Å². The highest BCUT2D eigenvalue weighted by atomic mass is 32.1. The highest BCUT2D eigenvalue weighted by Crippen LogP contribution is 2.38. The van der Waals surface area contributed by atoms with Crippen LogP contribution in [0, 0.1) is 5.92 Å². The monoisotopic (exact) mass is 300 g/mol. The van der Waals surface area contributed by atoms with Gasteiger partial charge in [-0.2, -0.15) is 0 Å². The van der Waals surface area contributed by atoms with Gasteiger partial charge in [0, 0.05) is 12.5 Å². The molecule has 2 atom stereocenters. The van der Waals surface area contributed by atoms with Gasteiger partial charge in [0.05, 0.1) is 21.1 Å². The lowest BCUT2D eigenvalue weighted by atomic mass is 9.82. The third-order valence-electron chi connectivity index (χ3n) is 3.95. The largest absolute Gasteiger partial charge is 0.356 e. The number of amides is 1. The SMILES string of the molecule is CCCNC(=O)C1CC=CCC1c1nc2ccccc2s1. The van der Waals surface area contributed by atoms with Crippen LogP contribution < -0.4 is 5.32 Å². The van der Waals surface area contributed by atoms with Crippen molar-refractivity contribution < 1.29 is 4.79 Å². The number of carbonyl (C=O) groups excluding carboxylic acids is 1. The van der Waals surface area contributed by atoms with Crippen LogP contribution in [-0.2, 0) is 4.79 Å². The van der Waals surface area contributed by atoms with Crippen molar-refractivity contribution in [3.63, 3.8) is 0 Å². The number of carbonyl (C=O) groups is 1. The highest BCUT2D eigenvalue weighted by Gasteiger charge is 2.31. The minimum atomic E-state index is 0.0158. The van der Waals surface area contributed by atoms with Gasteiger partial charge in [-0.25, -0.2) is 4.98 Å². The Morgan fingerprint density at radius 1 is 1.33 bits per heavy atom. The molecule has 1 aliphatic rings. The second-order valence-corrected chi connectivity index (χ2v) is 6.53. The van der Waals surface area contributed by atoms with Gasteiger partial charge in [-0.1, -0.05) is 31.2 Å². The van der Waals surface area contributed by atoms with Crippen molar-refractivity contribution >= 4 is 27.5 Å². The van der Waals surface area contributed by atoms with E-state index < -0.39 is 0 Å². The van der Waals surface area contributed by atoms with E-state index in [1.54, 1.807) is 11.3 Å². The maximum Gasteiger partial charge on any atom is 0.224 e. The van der Waals surface area contributed by atoms with Crippen LogP contribution in [0.4, 0.5) is 0 Å². The first-order chi connectivity index (χ1) is 10.3. The van der Waals surface area contributed by atoms with Gasteiger partial charge in [-0.05, 0) is 31.4 Å². The van der Waals surface area contributed by atoms with E-state index in [2.05, 4.69) is 30.5 Å². The molecule has 1 aromatic carbocycles. The Labute approximate surface area is 129 Å². The van der Waals surface area contributed by atoms with E-state index in [4.69, 9.17) is 4.98 Å². The highest BCUT2D eigenvalue weighted by molar-refractivity contribution is 7.18. The van der Waals surface area contributed by atoms with Crippen LogP contribution in [0.3, 0.4) is 0 Å². The summed E-state index contributed by atoms with van der Waals surface area (Å²) in [5.74, 6) is 0.400. The van der Waals surface area contributed by atoms with E-state index in [0.29, 0.717) is 0 Å². The third-order valence-corrected chi connectivity index (χ3v) is 5.11. The number of allylic oxidation sites excluding steroid dienone is 2. The van der Waals surface area contributed by atoms with E-state index >= 15 is 0 Å². The summed E-state index contributed by atoms with van der Waals surface area (Å²) in [5, 5.41) is 4.13. The molecule has 1 amide bonds. The number of nitrogens with one attached hydrogen (secondary N) is 1. The van der Waals surface area contributed by atoms with Crippen LogP contribution in [0.15, 0.2) is 36.4 Å². The molecule has 1 N–H and O–H groups in total. The molecule has 1 heterocycles. The van der Waals surface area contributed by atoms with Gasteiger partial charge in [-0.3, -0.25) is 4.79 Å². The Morgan fingerprint density at radius 2 is 2.14 bits per heavy atom. The maximum absolute atomic E-state index is 12.4. The summed E-state index contributed by atoms with van der Waals surface area (Å²) in [6.45, 7) is 2.83. The average molecular weight is 300 g/mol. The summed E-state index contributed by atoms with van der Waals surface area (Å²) < 4.78 is 1.20. The second-order valence-electron chi connectivity index (χ2n) is 5.47. The van der Waals surface area contributed by atoms with Crippen molar-refractivity contribution in [2.45, 2.75) is 32.1 Å². The minimum Gasteiger partial charge on any atom is -0.356 e. The Hall–Kier alpha value is -1.68. The number of thiazole rings is 1. The summed E-state index contributed by atoms with van der Waals surface area (Å²) in [5.41, 5.74) is 1.04. The number of benzene rings is 1. The summed E-state index contributed by atoms with van der Waals surface area (Å²) in [4.78, 5) is 17.1. The number of hydrogen-bond acceptors (Lipinski definition) is 3. The zero-order valence-electron chi connectivity index (χ0n) is 12.2. The Bertz CT molecular complexity index is 629. The number of aromatic nitrogens is 1. The molecule has 2 aromatic rings. The normalized spacial score (nSPS) is 21.6. The first-order valence-corrected chi connectivity index (χ1v) is 8.39. The maximum atomic E-state index is 12.4. The smallest absolute Gasteiger partial charge is 0.224 e. The van der Waals surface area contributed by atoms with Gasteiger partial charge in [0.15, 0.2) is 0 Å². The lowest BCUT2D eigenvalue weighted by Gasteiger charge is -2.25. The fraction of sp³-hybridized carbons (Fsp3) is 0.412. The molecule has 0 spiro atoms. The molecule has 3 nitrogen and oxygen atoms in total. The molecule has 0 aliphatic heterocycles. The number of fused-ring (bicyclic) bond motifs is 1. The van der Waals surface area contributed by atoms with E-state index in [1.807, 2.05) is 18.2 Å². The van der Waals surface area contributed by atoms with Gasteiger partial charge in [-0.15, -0.1) is 11.3 Å². The molecule has 21 heavy (non-hydrogen) atoms. The molecule has 0 saturated carbocycles. The molecule has 4 heteroatoms. The summed E-state index contributed by atoms with van der Waals surface area (Å²) in [6, 6.07) is 8.19. The van der Waals surface area contributed by atoms with Gasteiger partial charge < -0.3 is 5.32 Å². The van der Waals surface area contributed by atoms with Gasteiger partial charge in [0.1, 0.15) is 0 Å². The number of hydrogen-bond donors (Lipinski definition) is 1. The van der Waals surface area contributed by atoms with Gasteiger partial charge >= 0.3 is 0 Å². The van der Waals surface area contributed by atoms with Crippen molar-refractivity contribution in [3.8, 4) is 0 Å². The van der Waals surface area contributed by atoms with Gasteiger partial charge in [0.2, 0.25) is 5.91 Å². The Morgan fingerprint density at radius 3 is 2.95 bits per heavy atom. The predicted molar refractivity (Wildman–Crippen MR) is 87.5 cm³/mol. The van der Waals surface area contributed by atoms with E-state index in [-0.39, 0.29) is 17.7 Å². The number of para-hydroxylation sites is 1. The zero-order chi connectivity index (χ0) is 14.7. The lowest BCUT2D eigenvalue weighted by Crippen LogP contribution is -2.35. The molecular weight excluding hydrogens is 280 g/mol. The zero-order valence-corrected chi connectivity index (χ0v) is 13.0. The van der Waals surface area contributed by atoms with Crippen LogP contribution >= 0.6 is 11.3 Å². The molecule has 0 fully saturated rings. The summed E-state index contributed by atoms with van der Waals surface area (Å²) in [6.07, 6.45) is 7.00. The van der Waals surface area contributed by atoms with Crippen molar-refractivity contribution in [3.05, 3.63) is 41.4 Å². The molecule has 0 bridgehead atoms. The number of nitrogens with zero attached hydrogens (tertiary/aromatic N) is 1. The summed E-state index contributed by atoms with van der Waals surface area (Å²) in [7, 11) is 0. The van der Waals surface area contributed by atoms with Gasteiger partial charge in [0.25, 0.3) is 0 Å².